The van der Waals surface area contributed by atoms with Crippen molar-refractivity contribution in [3.63, 3.8) is 0 Å². The summed E-state index contributed by atoms with van der Waals surface area (Å²) in [5.41, 5.74) is 6.14. The Morgan fingerprint density at radius 2 is 1.85 bits per heavy atom. The van der Waals surface area contributed by atoms with Gasteiger partial charge in [0.25, 0.3) is 5.91 Å². The first-order chi connectivity index (χ1) is 15.8. The van der Waals surface area contributed by atoms with Crippen LogP contribution in [0.3, 0.4) is 0 Å². The van der Waals surface area contributed by atoms with Gasteiger partial charge in [-0.15, -0.1) is 11.3 Å². The molecular formula is C25H29FN4O2S. The van der Waals surface area contributed by atoms with Crippen molar-refractivity contribution in [2.75, 3.05) is 19.6 Å². The van der Waals surface area contributed by atoms with Gasteiger partial charge in [0.2, 0.25) is 0 Å². The number of aryl methyl sites for hydroxylation is 2. The predicted octanol–water partition coefficient (Wildman–Crippen LogP) is 4.13. The van der Waals surface area contributed by atoms with E-state index in [0.29, 0.717) is 18.0 Å². The first-order valence-electron chi connectivity index (χ1n) is 11.2. The Kier molecular flexibility index (Phi) is 7.05. The van der Waals surface area contributed by atoms with Crippen molar-refractivity contribution in [3.8, 4) is 0 Å². The Hall–Kier alpha value is -2.84. The number of nitrogens with zero attached hydrogens (tertiary/aromatic N) is 3. The molecule has 1 aliphatic heterocycles. The lowest BCUT2D eigenvalue weighted by atomic mass is 10.0. The summed E-state index contributed by atoms with van der Waals surface area (Å²) in [7, 11) is 0. The van der Waals surface area contributed by atoms with E-state index in [-0.39, 0.29) is 23.5 Å². The third-order valence-corrected chi connectivity index (χ3v) is 7.30. The minimum Gasteiger partial charge on any atom is -0.348 e. The molecular weight excluding hydrogens is 439 g/mol. The molecule has 0 spiro atoms. The van der Waals surface area contributed by atoms with Gasteiger partial charge in [-0.1, -0.05) is 12.1 Å². The molecule has 3 aromatic rings. The maximum atomic E-state index is 13.2. The lowest BCUT2D eigenvalue weighted by molar-refractivity contribution is 0.0860. The number of hydrogen-bond donors (Lipinski definition) is 1. The quantitative estimate of drug-likeness (QED) is 0.530. The zero-order valence-electron chi connectivity index (χ0n) is 19.2. The summed E-state index contributed by atoms with van der Waals surface area (Å²) in [4.78, 5) is 32.5. The van der Waals surface area contributed by atoms with Crippen LogP contribution in [0.2, 0.25) is 0 Å². The number of thiazole rings is 1. The molecule has 1 N–H and O–H groups in total. The van der Waals surface area contributed by atoms with Gasteiger partial charge in [0.05, 0.1) is 17.7 Å². The van der Waals surface area contributed by atoms with Crippen LogP contribution in [0, 0.1) is 26.6 Å². The van der Waals surface area contributed by atoms with E-state index >= 15 is 0 Å². The van der Waals surface area contributed by atoms with Gasteiger partial charge < -0.3 is 9.88 Å². The van der Waals surface area contributed by atoms with E-state index in [1.54, 1.807) is 17.6 Å². The highest BCUT2D eigenvalue weighted by Crippen LogP contribution is 2.20. The number of likely N-dealkylation sites (tertiary alicyclic amines) is 1. The summed E-state index contributed by atoms with van der Waals surface area (Å²) in [5.74, 6) is -0.202. The number of amides is 1. The summed E-state index contributed by atoms with van der Waals surface area (Å²) in [6.07, 6.45) is 1.64. The molecule has 8 heteroatoms. The average molecular weight is 469 g/mol. The van der Waals surface area contributed by atoms with Crippen molar-refractivity contribution >= 4 is 23.0 Å². The number of Topliss-reactive ketones (excluding diaryl/α,β-unsaturated/α-hetero) is 1. The molecule has 33 heavy (non-hydrogen) atoms. The number of nitrogens with one attached hydrogen (secondary N) is 1. The van der Waals surface area contributed by atoms with Gasteiger partial charge in [-0.25, -0.2) is 9.37 Å². The van der Waals surface area contributed by atoms with Crippen molar-refractivity contribution < 1.29 is 14.0 Å². The highest BCUT2D eigenvalue weighted by atomic mass is 32.1. The molecule has 174 valence electrons. The second-order valence-corrected chi connectivity index (χ2v) is 9.57. The zero-order valence-corrected chi connectivity index (χ0v) is 20.0. The Balaban J connectivity index is 1.32. The minimum absolute atomic E-state index is 0.0573. The van der Waals surface area contributed by atoms with Gasteiger partial charge in [-0.2, -0.15) is 0 Å². The van der Waals surface area contributed by atoms with Crippen LogP contribution in [-0.2, 0) is 6.54 Å². The summed E-state index contributed by atoms with van der Waals surface area (Å²) in [6, 6.07) is 8.53. The molecule has 0 aliphatic carbocycles. The Labute approximate surface area is 197 Å². The molecule has 3 heterocycles. The first-order valence-corrected chi connectivity index (χ1v) is 12.1. The fraction of sp³-hybridized carbons (Fsp3) is 0.400. The van der Waals surface area contributed by atoms with Crippen LogP contribution >= 0.6 is 11.3 Å². The Bertz CT molecular complexity index is 1140. The standard InChI is InChI=1S/C25H29FN4O2S/c1-16-12-22(18(3)30(16)13-19-4-6-20(26)7-5-19)23(31)14-29-10-8-21(9-11-29)28-25(32)24-17(2)27-15-33-24/h4-7,12,15,21H,8-11,13-14H2,1-3H3,(H,28,32). The van der Waals surface area contributed by atoms with Gasteiger partial charge in [0, 0.05) is 42.6 Å². The van der Waals surface area contributed by atoms with E-state index < -0.39 is 0 Å². The lowest BCUT2D eigenvalue weighted by Gasteiger charge is -2.31. The number of hydrogen-bond acceptors (Lipinski definition) is 5. The molecule has 1 fully saturated rings. The van der Waals surface area contributed by atoms with E-state index in [0.717, 1.165) is 54.1 Å². The highest BCUT2D eigenvalue weighted by Gasteiger charge is 2.25. The van der Waals surface area contributed by atoms with Crippen LogP contribution in [0.4, 0.5) is 4.39 Å². The topological polar surface area (TPSA) is 67.2 Å². The van der Waals surface area contributed by atoms with E-state index in [1.165, 1.54) is 23.5 Å². The molecule has 0 atom stereocenters. The second-order valence-electron chi connectivity index (χ2n) is 8.71. The first kappa shape index (κ1) is 23.3. The maximum absolute atomic E-state index is 13.2. The predicted molar refractivity (Wildman–Crippen MR) is 128 cm³/mol. The molecule has 1 amide bonds. The number of carbonyl (C=O) groups excluding carboxylic acids is 2. The summed E-state index contributed by atoms with van der Waals surface area (Å²) in [5, 5.41) is 3.11. The van der Waals surface area contributed by atoms with Crippen molar-refractivity contribution in [2.45, 2.75) is 46.2 Å². The van der Waals surface area contributed by atoms with Crippen molar-refractivity contribution in [3.05, 3.63) is 74.7 Å². The van der Waals surface area contributed by atoms with Crippen LogP contribution in [0.15, 0.2) is 35.8 Å². The number of halogens is 1. The molecule has 2 aromatic heterocycles. The number of aromatic nitrogens is 2. The van der Waals surface area contributed by atoms with Crippen LogP contribution in [-0.4, -0.2) is 51.8 Å². The fourth-order valence-corrected chi connectivity index (χ4v) is 5.10. The van der Waals surface area contributed by atoms with Gasteiger partial charge in [0.1, 0.15) is 10.7 Å². The number of ketones is 1. The van der Waals surface area contributed by atoms with Crippen molar-refractivity contribution in [1.29, 1.82) is 0 Å². The maximum Gasteiger partial charge on any atom is 0.263 e. The van der Waals surface area contributed by atoms with E-state index in [2.05, 4.69) is 19.8 Å². The molecule has 0 bridgehead atoms. The minimum atomic E-state index is -0.252. The summed E-state index contributed by atoms with van der Waals surface area (Å²) < 4.78 is 15.3. The molecule has 4 rings (SSSR count). The zero-order chi connectivity index (χ0) is 23.5. The molecule has 0 saturated carbocycles. The lowest BCUT2D eigenvalue weighted by Crippen LogP contribution is -2.45. The molecule has 6 nitrogen and oxygen atoms in total. The van der Waals surface area contributed by atoms with E-state index in [4.69, 9.17) is 0 Å². The SMILES string of the molecule is Cc1ncsc1C(=O)NC1CCN(CC(=O)c2cc(C)n(Cc3ccc(F)cc3)c2C)CC1. The Morgan fingerprint density at radius 1 is 1.15 bits per heavy atom. The monoisotopic (exact) mass is 468 g/mol. The van der Waals surface area contributed by atoms with Crippen LogP contribution < -0.4 is 5.32 Å². The number of piperidine rings is 1. The van der Waals surface area contributed by atoms with Gasteiger partial charge in [0.15, 0.2) is 5.78 Å². The number of carbonyl (C=O) groups is 2. The largest absolute Gasteiger partial charge is 0.348 e. The molecule has 0 radical (unpaired) electrons. The average Bonchev–Trinajstić information content (AvgIpc) is 3.34. The number of rotatable bonds is 7. The highest BCUT2D eigenvalue weighted by molar-refractivity contribution is 7.11. The normalized spacial score (nSPS) is 15.0. The molecule has 0 unspecified atom stereocenters. The summed E-state index contributed by atoms with van der Waals surface area (Å²) >= 11 is 1.36. The van der Waals surface area contributed by atoms with Crippen LogP contribution in [0.25, 0.3) is 0 Å². The third kappa shape index (κ3) is 5.39. The molecule has 1 aliphatic rings. The van der Waals surface area contributed by atoms with E-state index in [1.807, 2.05) is 26.8 Å². The fourth-order valence-electron chi connectivity index (χ4n) is 4.39. The third-order valence-electron chi connectivity index (χ3n) is 6.37. The smallest absolute Gasteiger partial charge is 0.263 e. The van der Waals surface area contributed by atoms with Gasteiger partial charge in [-0.05, 0) is 57.4 Å². The number of benzene rings is 1. The van der Waals surface area contributed by atoms with Crippen molar-refractivity contribution in [2.24, 2.45) is 0 Å². The molecule has 1 aromatic carbocycles. The second kappa shape index (κ2) is 9.97. The van der Waals surface area contributed by atoms with Crippen LogP contribution in [0.1, 0.15) is 55.5 Å². The summed E-state index contributed by atoms with van der Waals surface area (Å²) in [6.45, 7) is 8.32. The van der Waals surface area contributed by atoms with E-state index in [9.17, 15) is 14.0 Å². The van der Waals surface area contributed by atoms with Crippen molar-refractivity contribution in [1.82, 2.24) is 19.8 Å². The Morgan fingerprint density at radius 3 is 2.48 bits per heavy atom. The van der Waals surface area contributed by atoms with Crippen LogP contribution in [0.5, 0.6) is 0 Å². The van der Waals surface area contributed by atoms with Gasteiger partial charge >= 0.3 is 0 Å². The van der Waals surface area contributed by atoms with Gasteiger partial charge in [-0.3, -0.25) is 14.5 Å². The molecule has 1 saturated heterocycles.